The first-order valence-electron chi connectivity index (χ1n) is 4.23. The number of phenolic OH excluding ortho intramolecular Hbond substituents is 1. The molecule has 3 N–H and O–H groups in total. The molecule has 70 valence electrons. The molecule has 0 unspecified atom stereocenters. The number of rotatable bonds is 3. The molecule has 0 saturated carbocycles. The second-order valence-corrected chi connectivity index (χ2v) is 3.03. The van der Waals surface area contributed by atoms with Crippen LogP contribution in [0.15, 0.2) is 29.4 Å². The van der Waals surface area contributed by atoms with Gasteiger partial charge in [0.05, 0.1) is 0 Å². The molecule has 0 bridgehead atoms. The van der Waals surface area contributed by atoms with Crippen molar-refractivity contribution in [1.82, 2.24) is 0 Å². The zero-order chi connectivity index (χ0) is 9.68. The molecular weight excluding hydrogens is 164 g/mol. The number of nitrogens with two attached hydrogens (primary N) is 1. The number of hydrogen-bond acceptors (Lipinski definition) is 3. The molecule has 1 aromatic carbocycles. The molecule has 0 aliphatic heterocycles. The van der Waals surface area contributed by atoms with Crippen LogP contribution in [0.25, 0.3) is 0 Å². The number of hydrazone groups is 1. The highest BCUT2D eigenvalue weighted by Gasteiger charge is 1.95. The summed E-state index contributed by atoms with van der Waals surface area (Å²) >= 11 is 0. The normalized spacial score (nSPS) is 11.6. The van der Waals surface area contributed by atoms with E-state index in [4.69, 9.17) is 10.9 Å². The molecule has 3 nitrogen and oxygen atoms in total. The molecular formula is C10H14N2O. The van der Waals surface area contributed by atoms with Crippen LogP contribution in [0.5, 0.6) is 5.75 Å². The second kappa shape index (κ2) is 4.50. The van der Waals surface area contributed by atoms with Gasteiger partial charge in [0.15, 0.2) is 0 Å². The summed E-state index contributed by atoms with van der Waals surface area (Å²) < 4.78 is 0. The average molecular weight is 178 g/mol. The Labute approximate surface area is 77.9 Å². The Balaban J connectivity index is 2.51. The smallest absolute Gasteiger partial charge is 0.115 e. The summed E-state index contributed by atoms with van der Waals surface area (Å²) in [4.78, 5) is 0. The maximum absolute atomic E-state index is 9.04. The minimum atomic E-state index is 0.299. The van der Waals surface area contributed by atoms with Crippen molar-refractivity contribution in [2.24, 2.45) is 10.9 Å². The summed E-state index contributed by atoms with van der Waals surface area (Å²) in [6, 6.07) is 7.17. The van der Waals surface area contributed by atoms with Crippen LogP contribution in [0, 0.1) is 0 Å². The van der Waals surface area contributed by atoms with E-state index in [9.17, 15) is 0 Å². The van der Waals surface area contributed by atoms with Gasteiger partial charge in [-0.3, -0.25) is 0 Å². The van der Waals surface area contributed by atoms with Gasteiger partial charge < -0.3 is 10.9 Å². The summed E-state index contributed by atoms with van der Waals surface area (Å²) in [7, 11) is 0. The van der Waals surface area contributed by atoms with Crippen LogP contribution >= 0.6 is 0 Å². The second-order valence-electron chi connectivity index (χ2n) is 3.03. The Morgan fingerprint density at radius 2 is 2.00 bits per heavy atom. The number of hydrogen-bond donors (Lipinski definition) is 2. The zero-order valence-corrected chi connectivity index (χ0v) is 7.70. The van der Waals surface area contributed by atoms with Crippen LogP contribution in [-0.4, -0.2) is 10.8 Å². The van der Waals surface area contributed by atoms with Gasteiger partial charge in [-0.1, -0.05) is 12.1 Å². The number of aryl methyl sites for hydroxylation is 1. The summed E-state index contributed by atoms with van der Waals surface area (Å²) in [5.41, 5.74) is 2.12. The van der Waals surface area contributed by atoms with Gasteiger partial charge in [-0.05, 0) is 37.5 Å². The molecule has 1 rings (SSSR count). The van der Waals surface area contributed by atoms with Gasteiger partial charge in [0.2, 0.25) is 0 Å². The zero-order valence-electron chi connectivity index (χ0n) is 7.70. The molecule has 0 amide bonds. The topological polar surface area (TPSA) is 58.6 Å². The van der Waals surface area contributed by atoms with Gasteiger partial charge in [-0.25, -0.2) is 0 Å². The number of phenols is 1. The van der Waals surface area contributed by atoms with Crippen molar-refractivity contribution in [1.29, 1.82) is 0 Å². The fourth-order valence-electron chi connectivity index (χ4n) is 1.05. The lowest BCUT2D eigenvalue weighted by molar-refractivity contribution is 0.475. The number of benzene rings is 1. The highest BCUT2D eigenvalue weighted by Crippen LogP contribution is 2.11. The van der Waals surface area contributed by atoms with Crippen molar-refractivity contribution in [2.75, 3.05) is 0 Å². The van der Waals surface area contributed by atoms with Crippen molar-refractivity contribution in [3.63, 3.8) is 0 Å². The van der Waals surface area contributed by atoms with Gasteiger partial charge in [0.1, 0.15) is 5.75 Å². The fraction of sp³-hybridized carbons (Fsp3) is 0.300. The lowest BCUT2D eigenvalue weighted by Crippen LogP contribution is -1.98. The van der Waals surface area contributed by atoms with Crippen LogP contribution in [0.1, 0.15) is 18.9 Å². The van der Waals surface area contributed by atoms with Crippen LogP contribution < -0.4 is 5.84 Å². The van der Waals surface area contributed by atoms with E-state index in [0.29, 0.717) is 5.75 Å². The molecule has 13 heavy (non-hydrogen) atoms. The van der Waals surface area contributed by atoms with E-state index in [1.165, 1.54) is 5.56 Å². The maximum atomic E-state index is 9.04. The van der Waals surface area contributed by atoms with Gasteiger partial charge in [0.25, 0.3) is 0 Å². The molecule has 0 aromatic heterocycles. The predicted molar refractivity (Wildman–Crippen MR) is 53.7 cm³/mol. The predicted octanol–water partition coefficient (Wildman–Crippen LogP) is 1.66. The molecule has 3 heteroatoms. The van der Waals surface area contributed by atoms with Crippen LogP contribution in [-0.2, 0) is 6.42 Å². The first-order valence-corrected chi connectivity index (χ1v) is 4.23. The third kappa shape index (κ3) is 3.15. The lowest BCUT2D eigenvalue weighted by atomic mass is 10.1. The van der Waals surface area contributed by atoms with Crippen molar-refractivity contribution in [3.05, 3.63) is 29.8 Å². The van der Waals surface area contributed by atoms with Crippen molar-refractivity contribution >= 4 is 5.71 Å². The molecule has 0 spiro atoms. The molecule has 0 radical (unpaired) electrons. The first kappa shape index (κ1) is 9.58. The van der Waals surface area contributed by atoms with Gasteiger partial charge in [-0.15, -0.1) is 0 Å². The molecule has 0 heterocycles. The summed E-state index contributed by atoms with van der Waals surface area (Å²) in [6.45, 7) is 1.90. The number of aromatic hydroxyl groups is 1. The number of nitrogens with zero attached hydrogens (tertiary/aromatic N) is 1. The Hall–Kier alpha value is -1.51. The van der Waals surface area contributed by atoms with Crippen molar-refractivity contribution < 1.29 is 5.11 Å². The Kier molecular flexibility index (Phi) is 3.31. The Morgan fingerprint density at radius 1 is 1.38 bits per heavy atom. The van der Waals surface area contributed by atoms with Gasteiger partial charge in [0, 0.05) is 5.71 Å². The van der Waals surface area contributed by atoms with E-state index in [-0.39, 0.29) is 0 Å². The summed E-state index contributed by atoms with van der Waals surface area (Å²) in [5.74, 6) is 5.41. The van der Waals surface area contributed by atoms with E-state index >= 15 is 0 Å². The van der Waals surface area contributed by atoms with E-state index in [0.717, 1.165) is 18.6 Å². The highest BCUT2D eigenvalue weighted by atomic mass is 16.3. The van der Waals surface area contributed by atoms with Gasteiger partial charge in [-0.2, -0.15) is 5.10 Å². The molecule has 0 fully saturated rings. The highest BCUT2D eigenvalue weighted by molar-refractivity contribution is 5.81. The SMILES string of the molecule is C/C(CCc1ccc(O)cc1)=N/N. The third-order valence-electron chi connectivity index (χ3n) is 1.93. The lowest BCUT2D eigenvalue weighted by Gasteiger charge is -2.00. The van der Waals surface area contributed by atoms with Crippen LogP contribution in [0.3, 0.4) is 0 Å². The molecule has 0 saturated heterocycles. The Morgan fingerprint density at radius 3 is 2.54 bits per heavy atom. The van der Waals surface area contributed by atoms with E-state index in [1.54, 1.807) is 12.1 Å². The van der Waals surface area contributed by atoms with E-state index in [1.807, 2.05) is 19.1 Å². The van der Waals surface area contributed by atoms with Gasteiger partial charge >= 0.3 is 0 Å². The largest absolute Gasteiger partial charge is 0.508 e. The summed E-state index contributed by atoms with van der Waals surface area (Å²) in [5, 5.41) is 12.6. The standard InChI is InChI=1S/C10H14N2O/c1-8(12-11)2-3-9-4-6-10(13)7-5-9/h4-7,13H,2-3,11H2,1H3/b12-8-. The third-order valence-corrected chi connectivity index (χ3v) is 1.93. The molecule has 0 aliphatic carbocycles. The quantitative estimate of drug-likeness (QED) is 0.420. The van der Waals surface area contributed by atoms with Crippen molar-refractivity contribution in [2.45, 2.75) is 19.8 Å². The average Bonchev–Trinajstić information content (AvgIpc) is 2.16. The van der Waals surface area contributed by atoms with Crippen LogP contribution in [0.4, 0.5) is 0 Å². The summed E-state index contributed by atoms with van der Waals surface area (Å²) in [6.07, 6.45) is 1.77. The van der Waals surface area contributed by atoms with Crippen molar-refractivity contribution in [3.8, 4) is 5.75 Å². The maximum Gasteiger partial charge on any atom is 0.115 e. The monoisotopic (exact) mass is 178 g/mol. The minimum absolute atomic E-state index is 0.299. The van der Waals surface area contributed by atoms with E-state index < -0.39 is 0 Å². The fourth-order valence-corrected chi connectivity index (χ4v) is 1.05. The molecule has 1 aromatic rings. The van der Waals surface area contributed by atoms with Crippen LogP contribution in [0.2, 0.25) is 0 Å². The molecule has 0 atom stereocenters. The first-order chi connectivity index (χ1) is 6.22. The minimum Gasteiger partial charge on any atom is -0.508 e. The Bertz CT molecular complexity index is 290. The van der Waals surface area contributed by atoms with E-state index in [2.05, 4.69) is 5.10 Å². The molecule has 0 aliphatic rings.